The van der Waals surface area contributed by atoms with Gasteiger partial charge in [-0.2, -0.15) is 0 Å². The number of benzene rings is 1. The number of carboxylic acids is 1. The Balaban J connectivity index is 3.08. The Kier molecular flexibility index (Phi) is 3.21. The number of hydrogen-bond acceptors (Lipinski definition) is 3. The van der Waals surface area contributed by atoms with E-state index in [-0.39, 0.29) is 11.3 Å². The van der Waals surface area contributed by atoms with Crippen molar-refractivity contribution in [3.63, 3.8) is 0 Å². The lowest BCUT2D eigenvalue weighted by molar-refractivity contribution is 0.0697. The highest BCUT2D eigenvalue weighted by Crippen LogP contribution is 2.17. The van der Waals surface area contributed by atoms with Crippen LogP contribution in [0.25, 0.3) is 0 Å². The van der Waals surface area contributed by atoms with Crippen LogP contribution in [0.3, 0.4) is 0 Å². The molecule has 76 valence electrons. The third-order valence-electron chi connectivity index (χ3n) is 1.68. The summed E-state index contributed by atoms with van der Waals surface area (Å²) in [5.74, 6) is -1.09. The highest BCUT2D eigenvalue weighted by atomic mass is 32.2. The Morgan fingerprint density at radius 1 is 1.57 bits per heavy atom. The van der Waals surface area contributed by atoms with Crippen LogP contribution < -0.4 is 4.72 Å². The summed E-state index contributed by atoms with van der Waals surface area (Å²) in [7, 11) is 0. The number of carboxylic acid groups (broad SMARTS) is 1. The van der Waals surface area contributed by atoms with Crippen molar-refractivity contribution in [3.05, 3.63) is 29.3 Å². The largest absolute Gasteiger partial charge is 0.755 e. The Hall–Kier alpha value is -1.40. The van der Waals surface area contributed by atoms with Gasteiger partial charge in [-0.05, 0) is 24.6 Å². The molecule has 1 aromatic carbocycles. The van der Waals surface area contributed by atoms with Gasteiger partial charge in [0.05, 0.1) is 5.56 Å². The van der Waals surface area contributed by atoms with Crippen LogP contribution in [0, 0.1) is 6.92 Å². The zero-order valence-corrected chi connectivity index (χ0v) is 8.13. The summed E-state index contributed by atoms with van der Waals surface area (Å²) >= 11 is -2.44. The van der Waals surface area contributed by atoms with Gasteiger partial charge in [0, 0.05) is 17.0 Å². The van der Waals surface area contributed by atoms with E-state index < -0.39 is 17.2 Å². The van der Waals surface area contributed by atoms with Gasteiger partial charge in [0.25, 0.3) is 0 Å². The molecule has 0 heterocycles. The molecule has 1 unspecified atom stereocenters. The summed E-state index contributed by atoms with van der Waals surface area (Å²) in [5.41, 5.74) is 0.987. The Labute approximate surface area is 83.2 Å². The lowest BCUT2D eigenvalue weighted by Crippen LogP contribution is -2.05. The van der Waals surface area contributed by atoms with E-state index in [1.807, 2.05) is 0 Å². The van der Waals surface area contributed by atoms with Crippen LogP contribution in [0.1, 0.15) is 15.9 Å². The summed E-state index contributed by atoms with van der Waals surface area (Å²) in [6, 6.07) is 4.22. The van der Waals surface area contributed by atoms with Gasteiger partial charge in [-0.1, -0.05) is 6.07 Å². The fourth-order valence-corrected chi connectivity index (χ4v) is 1.35. The number of nitrogens with one attached hydrogen (secondary N) is 1. The third-order valence-corrected chi connectivity index (χ3v) is 2.06. The smallest absolute Gasteiger partial charge is 0.335 e. The van der Waals surface area contributed by atoms with Crippen LogP contribution in [-0.2, 0) is 11.3 Å². The number of aromatic carboxylic acids is 1. The van der Waals surface area contributed by atoms with Gasteiger partial charge < -0.3 is 14.4 Å². The summed E-state index contributed by atoms with van der Waals surface area (Å²) < 4.78 is 22.8. The highest BCUT2D eigenvalue weighted by molar-refractivity contribution is 7.80. The number of anilines is 1. The van der Waals surface area contributed by atoms with Crippen molar-refractivity contribution in [1.29, 1.82) is 0 Å². The maximum atomic E-state index is 10.6. The number of hydrogen-bond donors (Lipinski definition) is 2. The molecule has 0 aliphatic heterocycles. The lowest BCUT2D eigenvalue weighted by atomic mass is 10.1. The van der Waals surface area contributed by atoms with Crippen LogP contribution in [-0.4, -0.2) is 19.8 Å². The van der Waals surface area contributed by atoms with Gasteiger partial charge in [0.1, 0.15) is 0 Å². The molecule has 0 radical (unpaired) electrons. The third kappa shape index (κ3) is 2.54. The number of aryl methyl sites for hydroxylation is 1. The van der Waals surface area contributed by atoms with Gasteiger partial charge in [0.15, 0.2) is 0 Å². The van der Waals surface area contributed by atoms with Gasteiger partial charge in [-0.25, -0.2) is 4.79 Å². The lowest BCUT2D eigenvalue weighted by Gasteiger charge is -2.11. The Morgan fingerprint density at radius 2 is 2.21 bits per heavy atom. The average molecular weight is 214 g/mol. The van der Waals surface area contributed by atoms with E-state index in [0.29, 0.717) is 5.56 Å². The van der Waals surface area contributed by atoms with Crippen LogP contribution in [0.15, 0.2) is 18.2 Å². The summed E-state index contributed by atoms with van der Waals surface area (Å²) in [6.07, 6.45) is 0. The van der Waals surface area contributed by atoms with Crippen molar-refractivity contribution in [2.45, 2.75) is 6.92 Å². The molecule has 1 aromatic rings. The molecule has 0 fully saturated rings. The molecule has 0 aliphatic rings. The minimum Gasteiger partial charge on any atom is -0.755 e. The van der Waals surface area contributed by atoms with Crippen molar-refractivity contribution < 1.29 is 18.7 Å². The van der Waals surface area contributed by atoms with Crippen molar-refractivity contribution in [1.82, 2.24) is 0 Å². The molecule has 0 amide bonds. The predicted octanol–water partition coefficient (Wildman–Crippen LogP) is 0.899. The van der Waals surface area contributed by atoms with Gasteiger partial charge >= 0.3 is 5.97 Å². The van der Waals surface area contributed by atoms with Crippen molar-refractivity contribution in [3.8, 4) is 0 Å². The first-order valence-electron chi connectivity index (χ1n) is 3.70. The monoisotopic (exact) mass is 214 g/mol. The van der Waals surface area contributed by atoms with Crippen LogP contribution in [0.4, 0.5) is 5.69 Å². The standard InChI is InChI=1S/C8H9NO4S/c1-5-2-3-6(8(10)11)4-7(5)9-14(12)13/h2-4,9H,1H3,(H,10,11)(H,12,13)/p-1. The molecule has 14 heavy (non-hydrogen) atoms. The second-order valence-electron chi connectivity index (χ2n) is 2.67. The van der Waals surface area contributed by atoms with E-state index in [4.69, 9.17) is 5.11 Å². The molecule has 1 atom stereocenters. The molecule has 0 spiro atoms. The summed E-state index contributed by atoms with van der Waals surface area (Å²) in [4.78, 5) is 10.6. The molecular weight excluding hydrogens is 206 g/mol. The van der Waals surface area contributed by atoms with E-state index in [2.05, 4.69) is 4.72 Å². The average Bonchev–Trinajstić information content (AvgIpc) is 2.07. The molecule has 0 bridgehead atoms. The van der Waals surface area contributed by atoms with E-state index in [1.54, 1.807) is 13.0 Å². The van der Waals surface area contributed by atoms with E-state index in [0.717, 1.165) is 0 Å². The molecule has 2 N–H and O–H groups in total. The molecule has 1 rings (SSSR count). The first-order chi connectivity index (χ1) is 6.50. The predicted molar refractivity (Wildman–Crippen MR) is 50.7 cm³/mol. The van der Waals surface area contributed by atoms with Gasteiger partial charge in [-0.3, -0.25) is 4.21 Å². The molecule has 6 heteroatoms. The second kappa shape index (κ2) is 4.21. The maximum absolute atomic E-state index is 10.6. The zero-order valence-electron chi connectivity index (χ0n) is 7.31. The van der Waals surface area contributed by atoms with Crippen LogP contribution in [0.5, 0.6) is 0 Å². The molecular formula is C8H8NO4S-. The minimum absolute atomic E-state index is 0.0450. The summed E-state index contributed by atoms with van der Waals surface area (Å²) in [5, 5.41) is 8.65. The van der Waals surface area contributed by atoms with E-state index >= 15 is 0 Å². The van der Waals surface area contributed by atoms with Crippen LogP contribution >= 0.6 is 0 Å². The second-order valence-corrected chi connectivity index (χ2v) is 3.35. The molecule has 0 aromatic heterocycles. The first-order valence-corrected chi connectivity index (χ1v) is 4.78. The number of carbonyl (C=O) groups is 1. The Bertz CT molecular complexity index is 391. The first kappa shape index (κ1) is 10.7. The van der Waals surface area contributed by atoms with Gasteiger partial charge in [0.2, 0.25) is 0 Å². The maximum Gasteiger partial charge on any atom is 0.335 e. The van der Waals surface area contributed by atoms with E-state index in [9.17, 15) is 13.6 Å². The summed E-state index contributed by atoms with van der Waals surface area (Å²) in [6.45, 7) is 1.68. The van der Waals surface area contributed by atoms with Gasteiger partial charge in [-0.15, -0.1) is 0 Å². The molecule has 0 saturated heterocycles. The fraction of sp³-hybridized carbons (Fsp3) is 0.125. The minimum atomic E-state index is -2.44. The highest BCUT2D eigenvalue weighted by Gasteiger charge is 2.05. The molecule has 0 aliphatic carbocycles. The topological polar surface area (TPSA) is 89.5 Å². The van der Waals surface area contributed by atoms with Crippen molar-refractivity contribution in [2.75, 3.05) is 4.72 Å². The SMILES string of the molecule is Cc1ccc(C(=O)O)cc1NS(=O)[O-]. The van der Waals surface area contributed by atoms with Crippen molar-refractivity contribution in [2.24, 2.45) is 0 Å². The quantitative estimate of drug-likeness (QED) is 0.731. The van der Waals surface area contributed by atoms with Crippen LogP contribution in [0.2, 0.25) is 0 Å². The number of rotatable bonds is 3. The fourth-order valence-electron chi connectivity index (χ4n) is 0.955. The Morgan fingerprint density at radius 3 is 2.71 bits per heavy atom. The normalized spacial score (nSPS) is 12.1. The van der Waals surface area contributed by atoms with Crippen molar-refractivity contribution >= 4 is 22.9 Å². The van der Waals surface area contributed by atoms with E-state index in [1.165, 1.54) is 12.1 Å². The molecule has 5 nitrogen and oxygen atoms in total. The molecule has 0 saturated carbocycles. The zero-order chi connectivity index (χ0) is 10.7.